The molecule has 6 N–H and O–H groups in total. The van der Waals surface area contributed by atoms with Gasteiger partial charge in [-0.25, -0.2) is 4.79 Å². The summed E-state index contributed by atoms with van der Waals surface area (Å²) in [5.41, 5.74) is 4.94. The second kappa shape index (κ2) is 14.5. The summed E-state index contributed by atoms with van der Waals surface area (Å²) in [5, 5.41) is 27.2. The highest BCUT2D eigenvalue weighted by Crippen LogP contribution is 2.07. The number of hydrogen-bond donors (Lipinski definition) is 6. The van der Waals surface area contributed by atoms with Crippen molar-refractivity contribution in [3.8, 4) is 0 Å². The average Bonchev–Trinajstić information content (AvgIpc) is 2.55. The van der Waals surface area contributed by atoms with E-state index in [1.165, 1.54) is 0 Å². The maximum Gasteiger partial charge on any atom is 0.327 e. The summed E-state index contributed by atoms with van der Waals surface area (Å²) in [6.45, 7) is 1.65. The van der Waals surface area contributed by atoms with E-state index in [0.717, 1.165) is 11.8 Å². The van der Waals surface area contributed by atoms with E-state index in [0.29, 0.717) is 0 Å². The van der Waals surface area contributed by atoms with Crippen LogP contribution in [-0.4, -0.2) is 67.8 Å². The molecule has 0 radical (unpaired) electrons. The van der Waals surface area contributed by atoms with Crippen molar-refractivity contribution in [1.82, 2.24) is 5.32 Å². The minimum Gasteiger partial charge on any atom is -0.481 e. The molecular formula is C13H22N2O8S2. The highest BCUT2D eigenvalue weighted by atomic mass is 32.2. The number of hydrogen-bond acceptors (Lipinski definition) is 8. The van der Waals surface area contributed by atoms with Gasteiger partial charge in [0.05, 0.1) is 6.42 Å². The van der Waals surface area contributed by atoms with Gasteiger partial charge in [-0.2, -0.15) is 12.6 Å². The molecule has 0 aromatic rings. The van der Waals surface area contributed by atoms with Gasteiger partial charge in [0.15, 0.2) is 5.12 Å². The molecule has 10 nitrogen and oxygen atoms in total. The molecule has 0 spiro atoms. The summed E-state index contributed by atoms with van der Waals surface area (Å²) in [6, 6.07) is -2.00. The molecule has 0 aliphatic rings. The molecule has 0 saturated heterocycles. The van der Waals surface area contributed by atoms with Crippen LogP contribution in [-0.2, 0) is 24.0 Å². The zero-order valence-corrected chi connectivity index (χ0v) is 15.2. The third kappa shape index (κ3) is 15.5. The van der Waals surface area contributed by atoms with Gasteiger partial charge in [-0.1, -0.05) is 18.7 Å². The molecule has 0 heterocycles. The quantitative estimate of drug-likeness (QED) is 0.260. The van der Waals surface area contributed by atoms with E-state index in [4.69, 9.17) is 21.1 Å². The molecule has 0 rings (SSSR count). The summed E-state index contributed by atoms with van der Waals surface area (Å²) in [7, 11) is 0. The molecule has 0 bridgehead atoms. The van der Waals surface area contributed by atoms with Gasteiger partial charge in [0.25, 0.3) is 0 Å². The van der Waals surface area contributed by atoms with Crippen LogP contribution in [0, 0.1) is 0 Å². The molecule has 12 heteroatoms. The molecule has 144 valence electrons. The molecular weight excluding hydrogens is 376 g/mol. The Morgan fingerprint density at radius 1 is 1.08 bits per heavy atom. The van der Waals surface area contributed by atoms with Gasteiger partial charge in [0, 0.05) is 24.3 Å². The standard InChI is InChI=1S/C10H15NO6S.C3H7NO2S/c1-2-9(15)18-5-6(10(16)17)11-7(12)3-4-8(13)14;4-2(1-7)3(5)6/h6H,2-5H2,1H3,(H,11,12)(H,13,14)(H,16,17);2,7H,1,4H2,(H,5,6)/t6-;2-/m00/s1. The maximum atomic E-state index is 11.2. The number of nitrogens with one attached hydrogen (secondary N) is 1. The number of thiol groups is 1. The number of thioether (sulfide) groups is 1. The number of carbonyl (C=O) groups excluding carboxylic acids is 2. The predicted molar refractivity (Wildman–Crippen MR) is 93.7 cm³/mol. The molecule has 0 fully saturated rings. The molecule has 0 saturated carbocycles. The lowest BCUT2D eigenvalue weighted by atomic mass is 10.2. The number of amides is 1. The molecule has 25 heavy (non-hydrogen) atoms. The Labute approximate surface area is 153 Å². The monoisotopic (exact) mass is 398 g/mol. The largest absolute Gasteiger partial charge is 0.481 e. The Balaban J connectivity index is 0. The van der Waals surface area contributed by atoms with Crippen molar-refractivity contribution in [3.05, 3.63) is 0 Å². The first-order valence-electron chi connectivity index (χ1n) is 7.03. The van der Waals surface area contributed by atoms with Gasteiger partial charge < -0.3 is 26.4 Å². The van der Waals surface area contributed by atoms with E-state index in [9.17, 15) is 24.0 Å². The lowest BCUT2D eigenvalue weighted by molar-refractivity contribution is -0.141. The highest BCUT2D eigenvalue weighted by Gasteiger charge is 2.21. The number of aliphatic carboxylic acids is 3. The second-order valence-corrected chi connectivity index (χ2v) is 5.96. The minimum atomic E-state index is -1.25. The molecule has 0 aromatic carbocycles. The van der Waals surface area contributed by atoms with E-state index in [-0.39, 0.29) is 35.9 Å². The fourth-order valence-corrected chi connectivity index (χ4v) is 1.96. The third-order valence-corrected chi connectivity index (χ3v) is 3.92. The zero-order valence-electron chi connectivity index (χ0n) is 13.5. The van der Waals surface area contributed by atoms with Gasteiger partial charge in [-0.15, -0.1) is 0 Å². The van der Waals surface area contributed by atoms with Crippen LogP contribution in [0.15, 0.2) is 0 Å². The van der Waals surface area contributed by atoms with Crippen molar-refractivity contribution in [3.63, 3.8) is 0 Å². The van der Waals surface area contributed by atoms with Crippen LogP contribution in [0.25, 0.3) is 0 Å². The number of carbonyl (C=O) groups is 5. The van der Waals surface area contributed by atoms with Gasteiger partial charge in [0.2, 0.25) is 5.91 Å². The van der Waals surface area contributed by atoms with E-state index >= 15 is 0 Å². The number of nitrogens with two attached hydrogens (primary N) is 1. The Morgan fingerprint density at radius 3 is 1.96 bits per heavy atom. The van der Waals surface area contributed by atoms with Crippen LogP contribution in [0.4, 0.5) is 0 Å². The average molecular weight is 398 g/mol. The van der Waals surface area contributed by atoms with E-state index in [1.807, 2.05) is 0 Å². The van der Waals surface area contributed by atoms with E-state index in [2.05, 4.69) is 17.9 Å². The summed E-state index contributed by atoms with van der Waals surface area (Å²) in [6.07, 6.45) is -0.366. The number of carboxylic acids is 3. The second-order valence-electron chi connectivity index (χ2n) is 4.52. The maximum absolute atomic E-state index is 11.2. The molecule has 1 amide bonds. The Hall–Kier alpha value is -1.79. The van der Waals surface area contributed by atoms with Crippen LogP contribution >= 0.6 is 24.4 Å². The van der Waals surface area contributed by atoms with Crippen molar-refractivity contribution < 1.29 is 39.3 Å². The smallest absolute Gasteiger partial charge is 0.327 e. The lowest BCUT2D eigenvalue weighted by Crippen LogP contribution is -2.42. The van der Waals surface area contributed by atoms with Crippen molar-refractivity contribution >= 4 is 53.3 Å². The fourth-order valence-electron chi connectivity index (χ4n) is 1.02. The topological polar surface area (TPSA) is 184 Å². The van der Waals surface area contributed by atoms with Crippen molar-refractivity contribution in [2.24, 2.45) is 5.73 Å². The Morgan fingerprint density at radius 2 is 1.64 bits per heavy atom. The van der Waals surface area contributed by atoms with E-state index in [1.54, 1.807) is 6.92 Å². The van der Waals surface area contributed by atoms with Gasteiger partial charge in [-0.05, 0) is 0 Å². The minimum absolute atomic E-state index is 0.0686. The molecule has 0 unspecified atom stereocenters. The summed E-state index contributed by atoms with van der Waals surface area (Å²) in [5.74, 6) is -3.93. The van der Waals surface area contributed by atoms with Gasteiger partial charge in [-0.3, -0.25) is 19.2 Å². The lowest BCUT2D eigenvalue weighted by Gasteiger charge is -2.13. The first-order valence-corrected chi connectivity index (χ1v) is 8.65. The van der Waals surface area contributed by atoms with Crippen LogP contribution < -0.4 is 11.1 Å². The first kappa shape index (κ1) is 25.5. The van der Waals surface area contributed by atoms with Crippen LogP contribution in [0.1, 0.15) is 26.2 Å². The fraction of sp³-hybridized carbons (Fsp3) is 0.615. The molecule has 0 aliphatic heterocycles. The van der Waals surface area contributed by atoms with Gasteiger partial charge in [0.1, 0.15) is 12.1 Å². The summed E-state index contributed by atoms with van der Waals surface area (Å²) >= 11 is 4.48. The zero-order chi connectivity index (χ0) is 20.0. The van der Waals surface area contributed by atoms with E-state index < -0.39 is 35.9 Å². The summed E-state index contributed by atoms with van der Waals surface area (Å²) in [4.78, 5) is 53.1. The van der Waals surface area contributed by atoms with Crippen molar-refractivity contribution in [2.45, 2.75) is 38.3 Å². The Bertz CT molecular complexity index is 487. The predicted octanol–water partition coefficient (Wildman–Crippen LogP) is -0.581. The normalized spacial score (nSPS) is 12.1. The van der Waals surface area contributed by atoms with Crippen LogP contribution in [0.3, 0.4) is 0 Å². The Kier molecular flexibility index (Phi) is 14.8. The van der Waals surface area contributed by atoms with Crippen LogP contribution in [0.5, 0.6) is 0 Å². The first-order chi connectivity index (χ1) is 11.5. The number of carboxylic acid groups (broad SMARTS) is 3. The molecule has 2 atom stereocenters. The summed E-state index contributed by atoms with van der Waals surface area (Å²) < 4.78 is 0. The van der Waals surface area contributed by atoms with Crippen molar-refractivity contribution in [2.75, 3.05) is 11.5 Å². The molecule has 0 aliphatic carbocycles. The SMILES string of the molecule is CCC(=O)SC[C@H](NC(=O)CCC(=O)O)C(=O)O.N[C@@H](CS)C(=O)O. The molecule has 0 aromatic heterocycles. The number of rotatable bonds is 10. The highest BCUT2D eigenvalue weighted by molar-refractivity contribution is 8.13. The van der Waals surface area contributed by atoms with Crippen LogP contribution in [0.2, 0.25) is 0 Å². The third-order valence-electron chi connectivity index (χ3n) is 2.41. The van der Waals surface area contributed by atoms with Crippen molar-refractivity contribution in [1.29, 1.82) is 0 Å². The van der Waals surface area contributed by atoms with Gasteiger partial charge >= 0.3 is 17.9 Å².